The summed E-state index contributed by atoms with van der Waals surface area (Å²) in [6.45, 7) is 11.6. The zero-order chi connectivity index (χ0) is 16.5. The van der Waals surface area contributed by atoms with Gasteiger partial charge in [-0.15, -0.1) is 0 Å². The highest BCUT2D eigenvalue weighted by Crippen LogP contribution is 2.45. The van der Waals surface area contributed by atoms with Crippen molar-refractivity contribution in [1.29, 1.82) is 5.26 Å². The molecule has 0 aliphatic heterocycles. The molecule has 5 heteroatoms. The quantitative estimate of drug-likeness (QED) is 0.849. The van der Waals surface area contributed by atoms with Crippen LogP contribution >= 0.6 is 0 Å². The predicted molar refractivity (Wildman–Crippen MR) is 79.5 cm³/mol. The molecule has 0 aromatic heterocycles. The van der Waals surface area contributed by atoms with Gasteiger partial charge in [0, 0.05) is 12.0 Å². The molecule has 1 rings (SSSR count). The molecule has 1 aliphatic rings. The second kappa shape index (κ2) is 5.67. The first-order valence-electron chi connectivity index (χ1n) is 7.29. The fourth-order valence-corrected chi connectivity index (χ4v) is 3.12. The van der Waals surface area contributed by atoms with Gasteiger partial charge in [-0.2, -0.15) is 5.26 Å². The Hall–Kier alpha value is -1.57. The average molecular weight is 294 g/mol. The third-order valence-electron chi connectivity index (χ3n) is 3.76. The third kappa shape index (κ3) is 4.73. The van der Waals surface area contributed by atoms with Gasteiger partial charge in [-0.05, 0) is 39.0 Å². The summed E-state index contributed by atoms with van der Waals surface area (Å²) in [5, 5.41) is 11.9. The molecule has 0 bridgehead atoms. The molecule has 2 unspecified atom stereocenters. The van der Waals surface area contributed by atoms with Crippen LogP contribution in [0.5, 0.6) is 0 Å². The van der Waals surface area contributed by atoms with E-state index in [1.165, 1.54) is 0 Å². The summed E-state index contributed by atoms with van der Waals surface area (Å²) in [5.74, 6) is -0.598. The fraction of sp³-hybridized carbons (Fsp3) is 0.812. The molecule has 0 aromatic rings. The number of nitrogens with one attached hydrogen (secondary N) is 1. The Morgan fingerprint density at radius 1 is 1.43 bits per heavy atom. The highest BCUT2D eigenvalue weighted by Gasteiger charge is 2.47. The first-order valence-corrected chi connectivity index (χ1v) is 7.29. The lowest BCUT2D eigenvalue weighted by atomic mass is 9.60. The number of carbonyl (C=O) groups excluding carboxylic acids is 2. The molecule has 118 valence electrons. The third-order valence-corrected chi connectivity index (χ3v) is 3.76. The maximum Gasteiger partial charge on any atom is 0.407 e. The van der Waals surface area contributed by atoms with Crippen molar-refractivity contribution in [3.63, 3.8) is 0 Å². The number of amides is 1. The van der Waals surface area contributed by atoms with Crippen LogP contribution in [0.3, 0.4) is 0 Å². The zero-order valence-electron chi connectivity index (χ0n) is 13.9. The Morgan fingerprint density at radius 3 is 2.48 bits per heavy atom. The van der Waals surface area contributed by atoms with Crippen molar-refractivity contribution in [1.82, 2.24) is 5.32 Å². The number of alkyl carbamates (subject to hydrolysis) is 1. The minimum atomic E-state index is -0.598. The Morgan fingerprint density at radius 2 is 2.00 bits per heavy atom. The fourth-order valence-electron chi connectivity index (χ4n) is 3.12. The van der Waals surface area contributed by atoms with Gasteiger partial charge in [-0.3, -0.25) is 4.79 Å². The number of hydrogen-bond acceptors (Lipinski definition) is 4. The van der Waals surface area contributed by atoms with E-state index in [0.29, 0.717) is 19.4 Å². The van der Waals surface area contributed by atoms with E-state index >= 15 is 0 Å². The summed E-state index contributed by atoms with van der Waals surface area (Å²) in [7, 11) is 0. The highest BCUT2D eigenvalue weighted by molar-refractivity contribution is 5.89. The van der Waals surface area contributed by atoms with Gasteiger partial charge in [0.2, 0.25) is 0 Å². The van der Waals surface area contributed by atoms with Crippen molar-refractivity contribution in [2.75, 3.05) is 6.54 Å². The average Bonchev–Trinajstić information content (AvgIpc) is 2.29. The molecule has 21 heavy (non-hydrogen) atoms. The number of rotatable bonds is 2. The maximum absolute atomic E-state index is 12.2. The van der Waals surface area contributed by atoms with E-state index in [4.69, 9.17) is 4.74 Å². The van der Waals surface area contributed by atoms with E-state index in [9.17, 15) is 14.9 Å². The Kier molecular flexibility index (Phi) is 4.72. The van der Waals surface area contributed by atoms with Crippen LogP contribution in [-0.4, -0.2) is 24.0 Å². The van der Waals surface area contributed by atoms with E-state index < -0.39 is 23.0 Å². The van der Waals surface area contributed by atoms with E-state index in [-0.39, 0.29) is 11.2 Å². The van der Waals surface area contributed by atoms with Crippen LogP contribution in [0.25, 0.3) is 0 Å². The van der Waals surface area contributed by atoms with E-state index in [1.807, 2.05) is 41.5 Å². The second-order valence-corrected chi connectivity index (χ2v) is 7.98. The minimum Gasteiger partial charge on any atom is -0.444 e. The van der Waals surface area contributed by atoms with Crippen molar-refractivity contribution in [3.8, 4) is 6.07 Å². The standard InChI is InChI=1S/C16H26N2O3/c1-14(2,3)21-13(20)18-10-16(6)7-11(8-17)12(19)15(4,5)9-16/h11H,7,9-10H2,1-6H3,(H,18,20). The van der Waals surface area contributed by atoms with Crippen LogP contribution in [-0.2, 0) is 9.53 Å². The SMILES string of the molecule is CC1(CNC(=O)OC(C)(C)C)CC(C#N)C(=O)C(C)(C)C1. The summed E-state index contributed by atoms with van der Waals surface area (Å²) in [4.78, 5) is 23.9. The normalized spacial score (nSPS) is 28.6. The molecule has 0 saturated heterocycles. The summed E-state index contributed by atoms with van der Waals surface area (Å²) in [6.07, 6.45) is 0.654. The lowest BCUT2D eigenvalue weighted by Crippen LogP contribution is -2.48. The number of carbonyl (C=O) groups is 2. The molecular formula is C16H26N2O3. The monoisotopic (exact) mass is 294 g/mol. The Bertz CT molecular complexity index is 471. The van der Waals surface area contributed by atoms with Crippen LogP contribution in [0, 0.1) is 28.1 Å². The molecule has 0 spiro atoms. The van der Waals surface area contributed by atoms with Gasteiger partial charge in [-0.1, -0.05) is 20.8 Å². The molecule has 1 amide bonds. The molecule has 1 N–H and O–H groups in total. The summed E-state index contributed by atoms with van der Waals surface area (Å²) >= 11 is 0. The number of ether oxygens (including phenoxy) is 1. The molecule has 0 radical (unpaired) electrons. The second-order valence-electron chi connectivity index (χ2n) is 7.98. The van der Waals surface area contributed by atoms with Crippen molar-refractivity contribution < 1.29 is 14.3 Å². The number of ketones is 1. The largest absolute Gasteiger partial charge is 0.444 e. The summed E-state index contributed by atoms with van der Waals surface area (Å²) in [6, 6.07) is 2.10. The van der Waals surface area contributed by atoms with Gasteiger partial charge in [0.25, 0.3) is 0 Å². The van der Waals surface area contributed by atoms with Gasteiger partial charge in [0.15, 0.2) is 5.78 Å². The number of hydrogen-bond donors (Lipinski definition) is 1. The van der Waals surface area contributed by atoms with Crippen molar-refractivity contribution in [3.05, 3.63) is 0 Å². The van der Waals surface area contributed by atoms with E-state index in [0.717, 1.165) is 0 Å². The van der Waals surface area contributed by atoms with E-state index in [2.05, 4.69) is 11.4 Å². The van der Waals surface area contributed by atoms with Gasteiger partial charge in [0.05, 0.1) is 6.07 Å². The van der Waals surface area contributed by atoms with Crippen molar-refractivity contribution in [2.45, 2.75) is 60.0 Å². The number of Topliss-reactive ketones (excluding diaryl/α,β-unsaturated/α-hetero) is 1. The van der Waals surface area contributed by atoms with Gasteiger partial charge < -0.3 is 10.1 Å². The van der Waals surface area contributed by atoms with Crippen LogP contribution in [0.1, 0.15) is 54.4 Å². The van der Waals surface area contributed by atoms with E-state index in [1.54, 1.807) is 0 Å². The maximum atomic E-state index is 12.2. The van der Waals surface area contributed by atoms with Gasteiger partial charge in [0.1, 0.15) is 11.5 Å². The highest BCUT2D eigenvalue weighted by atomic mass is 16.6. The first kappa shape index (κ1) is 17.5. The van der Waals surface area contributed by atoms with Crippen LogP contribution in [0.2, 0.25) is 0 Å². The summed E-state index contributed by atoms with van der Waals surface area (Å²) in [5.41, 5.74) is -1.36. The van der Waals surface area contributed by atoms with Crippen LogP contribution < -0.4 is 5.32 Å². The van der Waals surface area contributed by atoms with Crippen LogP contribution in [0.15, 0.2) is 0 Å². The Balaban J connectivity index is 2.72. The van der Waals surface area contributed by atoms with Crippen molar-refractivity contribution in [2.24, 2.45) is 16.7 Å². The molecule has 1 saturated carbocycles. The molecule has 0 aromatic carbocycles. The smallest absolute Gasteiger partial charge is 0.407 e. The number of nitriles is 1. The molecule has 0 heterocycles. The Labute approximate surface area is 127 Å². The molecule has 2 atom stereocenters. The minimum absolute atomic E-state index is 0.000238. The summed E-state index contributed by atoms with van der Waals surface area (Å²) < 4.78 is 5.22. The van der Waals surface area contributed by atoms with Crippen LogP contribution in [0.4, 0.5) is 4.79 Å². The topological polar surface area (TPSA) is 79.2 Å². The lowest BCUT2D eigenvalue weighted by molar-refractivity contribution is -0.136. The lowest BCUT2D eigenvalue weighted by Gasteiger charge is -2.43. The molecule has 1 fully saturated rings. The molecule has 5 nitrogen and oxygen atoms in total. The van der Waals surface area contributed by atoms with Crippen molar-refractivity contribution >= 4 is 11.9 Å². The van der Waals surface area contributed by atoms with Gasteiger partial charge in [-0.25, -0.2) is 4.79 Å². The number of nitrogens with zero attached hydrogens (tertiary/aromatic N) is 1. The zero-order valence-corrected chi connectivity index (χ0v) is 13.9. The van der Waals surface area contributed by atoms with Gasteiger partial charge >= 0.3 is 6.09 Å². The predicted octanol–water partition coefficient (Wildman–Crippen LogP) is 3.05. The molecular weight excluding hydrogens is 268 g/mol. The molecule has 1 aliphatic carbocycles. The first-order chi connectivity index (χ1) is 9.38.